The highest BCUT2D eigenvalue weighted by Crippen LogP contribution is 2.30. The van der Waals surface area contributed by atoms with Gasteiger partial charge in [0.25, 0.3) is 23.6 Å². The van der Waals surface area contributed by atoms with E-state index in [2.05, 4.69) is 51.8 Å². The van der Waals surface area contributed by atoms with Gasteiger partial charge in [0, 0.05) is 37.4 Å². The molecule has 62 heavy (non-hydrogen) atoms. The molecule has 0 bridgehead atoms. The van der Waals surface area contributed by atoms with E-state index in [0.29, 0.717) is 39.6 Å². The van der Waals surface area contributed by atoms with Gasteiger partial charge in [-0.3, -0.25) is 38.8 Å². The van der Waals surface area contributed by atoms with E-state index in [1.807, 2.05) is 6.07 Å². The molecular weight excluding hydrogens is 884 g/mol. The van der Waals surface area contributed by atoms with Gasteiger partial charge in [0.1, 0.15) is 36.4 Å². The highest BCUT2D eigenvalue weighted by atomic mass is 79.9. The quantitative estimate of drug-likeness (QED) is 0.146. The number of ether oxygens (including phenoxy) is 2. The van der Waals surface area contributed by atoms with Crippen LogP contribution < -0.4 is 29.9 Å². The van der Waals surface area contributed by atoms with Crippen LogP contribution >= 0.6 is 15.9 Å². The zero-order valence-corrected chi connectivity index (χ0v) is 34.6. The van der Waals surface area contributed by atoms with Crippen molar-refractivity contribution in [3.63, 3.8) is 0 Å². The number of nitrogens with zero attached hydrogens (tertiary/aromatic N) is 7. The fourth-order valence-corrected chi connectivity index (χ4v) is 6.49. The number of benzene rings is 2. The minimum absolute atomic E-state index is 0.0495. The second-order valence-corrected chi connectivity index (χ2v) is 14.0. The molecule has 8 rings (SSSR count). The van der Waals surface area contributed by atoms with Crippen LogP contribution in [-0.4, -0.2) is 92.5 Å². The van der Waals surface area contributed by atoms with E-state index >= 15 is 0 Å². The molecular formula is C41H37BrF4N10O6. The molecule has 3 N–H and O–H groups in total. The van der Waals surface area contributed by atoms with Crippen LogP contribution in [0.4, 0.5) is 29.2 Å². The molecule has 3 atom stereocenters. The second-order valence-electron chi connectivity index (χ2n) is 13.5. The van der Waals surface area contributed by atoms with Crippen LogP contribution in [-0.2, 0) is 21.5 Å². The van der Waals surface area contributed by atoms with Crippen molar-refractivity contribution >= 4 is 51.2 Å². The van der Waals surface area contributed by atoms with E-state index in [0.717, 1.165) is 17.1 Å². The van der Waals surface area contributed by atoms with E-state index in [1.165, 1.54) is 60.6 Å². The van der Waals surface area contributed by atoms with Crippen molar-refractivity contribution in [1.29, 1.82) is 0 Å². The van der Waals surface area contributed by atoms with Gasteiger partial charge in [-0.15, -0.1) is 0 Å². The maximum absolute atomic E-state index is 14.3. The highest BCUT2D eigenvalue weighted by molar-refractivity contribution is 9.08. The van der Waals surface area contributed by atoms with Gasteiger partial charge in [-0.25, -0.2) is 27.5 Å². The summed E-state index contributed by atoms with van der Waals surface area (Å²) in [6.07, 6.45) is 4.28. The number of hydrogen-bond donors (Lipinski definition) is 3. The number of halogens is 5. The monoisotopic (exact) mass is 920 g/mol. The Morgan fingerprint density at radius 2 is 1.40 bits per heavy atom. The number of alkyl halides is 1. The SMILES string of the molecule is CN1C(=O)[C@@H](NC(=O)c2nn(Cc3ccccc3F)cc2F)COc2cccnc21.C[C@H]1Oc2cccnc2N(C)C(=O)[C@H]1NC(=O)c1[nH]ncc1F.Fc1ccccc1CBr. The number of nitrogens with one attached hydrogen (secondary N) is 3. The molecule has 322 valence electrons. The molecule has 0 fully saturated rings. The van der Waals surface area contributed by atoms with Crippen molar-refractivity contribution in [2.75, 3.05) is 30.5 Å². The molecule has 0 radical (unpaired) electrons. The smallest absolute Gasteiger partial charge is 0.275 e. The molecule has 16 nitrogen and oxygen atoms in total. The summed E-state index contributed by atoms with van der Waals surface area (Å²) in [5, 5.41) is 15.1. The van der Waals surface area contributed by atoms with Gasteiger partial charge < -0.3 is 20.1 Å². The van der Waals surface area contributed by atoms with E-state index in [-0.39, 0.29) is 24.7 Å². The third kappa shape index (κ3) is 10.2. The predicted octanol–water partition coefficient (Wildman–Crippen LogP) is 4.97. The van der Waals surface area contributed by atoms with Gasteiger partial charge in [0.15, 0.2) is 46.2 Å². The molecule has 2 aliphatic heterocycles. The first-order valence-electron chi connectivity index (χ1n) is 18.6. The average Bonchev–Trinajstić information content (AvgIpc) is 3.83. The zero-order chi connectivity index (χ0) is 44.5. The van der Waals surface area contributed by atoms with Crippen molar-refractivity contribution in [3.8, 4) is 11.5 Å². The Labute approximate surface area is 359 Å². The summed E-state index contributed by atoms with van der Waals surface area (Å²) in [5.41, 5.74) is 0.165. The van der Waals surface area contributed by atoms with Crippen LogP contribution in [0.25, 0.3) is 0 Å². The molecule has 6 heterocycles. The third-order valence-corrected chi connectivity index (χ3v) is 9.89. The molecule has 6 aromatic rings. The van der Waals surface area contributed by atoms with Gasteiger partial charge in [-0.1, -0.05) is 52.3 Å². The van der Waals surface area contributed by atoms with E-state index in [9.17, 15) is 36.7 Å². The molecule has 4 aromatic heterocycles. The average molecular weight is 922 g/mol. The predicted molar refractivity (Wildman–Crippen MR) is 219 cm³/mol. The molecule has 21 heteroatoms. The van der Waals surface area contributed by atoms with Crippen molar-refractivity contribution in [1.82, 2.24) is 40.6 Å². The molecule has 0 aliphatic carbocycles. The summed E-state index contributed by atoms with van der Waals surface area (Å²) < 4.78 is 66.5. The third-order valence-electron chi connectivity index (χ3n) is 9.29. The van der Waals surface area contributed by atoms with Crippen LogP contribution in [0.5, 0.6) is 11.5 Å². The van der Waals surface area contributed by atoms with Crippen LogP contribution in [0.15, 0.2) is 97.6 Å². The maximum atomic E-state index is 14.3. The first kappa shape index (κ1) is 44.4. The highest BCUT2D eigenvalue weighted by Gasteiger charge is 2.37. The lowest BCUT2D eigenvalue weighted by atomic mass is 10.1. The molecule has 4 amide bonds. The van der Waals surface area contributed by atoms with Gasteiger partial charge in [0.2, 0.25) is 0 Å². The van der Waals surface area contributed by atoms with Crippen molar-refractivity contribution in [2.45, 2.75) is 37.0 Å². The zero-order valence-electron chi connectivity index (χ0n) is 33.1. The minimum Gasteiger partial charge on any atom is -0.487 e. The Bertz CT molecular complexity index is 2580. The number of hydrogen-bond acceptors (Lipinski definition) is 10. The minimum atomic E-state index is -1.06. The molecule has 2 aliphatic rings. The van der Waals surface area contributed by atoms with E-state index in [4.69, 9.17) is 9.47 Å². The number of aromatic amines is 1. The second kappa shape index (κ2) is 19.9. The fourth-order valence-electron chi connectivity index (χ4n) is 6.03. The van der Waals surface area contributed by atoms with Gasteiger partial charge in [0.05, 0.1) is 18.9 Å². The van der Waals surface area contributed by atoms with Crippen LogP contribution in [0.2, 0.25) is 0 Å². The Hall–Kier alpha value is -7.16. The fraction of sp³-hybridized carbons (Fsp3) is 0.220. The van der Waals surface area contributed by atoms with Crippen LogP contribution in [0.1, 0.15) is 39.0 Å². The molecule has 0 saturated heterocycles. The van der Waals surface area contributed by atoms with E-state index in [1.54, 1.807) is 49.4 Å². The summed E-state index contributed by atoms with van der Waals surface area (Å²) in [7, 11) is 3.04. The molecule has 0 spiro atoms. The number of carbonyl (C=O) groups excluding carboxylic acids is 4. The number of pyridine rings is 2. The summed E-state index contributed by atoms with van der Waals surface area (Å²) in [6.45, 7) is 1.44. The first-order valence-corrected chi connectivity index (χ1v) is 19.7. The topological polar surface area (TPSA) is 190 Å². The van der Waals surface area contributed by atoms with E-state index < -0.39 is 65.0 Å². The number of H-pyrrole nitrogens is 1. The number of carbonyl (C=O) groups is 4. The standard InChI is InChI=1S/C20H17F2N5O3.C14H14FN5O3.C7H6BrF/c1-26-18-16(7-4-8-23-18)30-11-15(20(26)29)24-19(28)17-14(22)10-27(25-17)9-12-5-2-3-6-13(12)21;1-7-10(18-13(21)11-8(15)6-17-19-11)14(22)20(2)12-9(23-7)4-3-5-16-12;8-5-6-3-1-2-4-7(6)9/h2-8,10,15H,9,11H2,1H3,(H,24,28);3-7,10H,1-2H3,(H,17,19)(H,18,21);1-4H,5H2/t15-;7-,10+;/m01./s1. The lowest BCUT2D eigenvalue weighted by molar-refractivity contribution is -0.122. The first-order chi connectivity index (χ1) is 29.8. The van der Waals surface area contributed by atoms with Crippen molar-refractivity contribution in [2.24, 2.45) is 0 Å². The molecule has 0 unspecified atom stereocenters. The number of anilines is 2. The number of aromatic nitrogens is 6. The van der Waals surface area contributed by atoms with Gasteiger partial charge in [-0.05, 0) is 48.9 Å². The Morgan fingerprint density at radius 3 is 2.02 bits per heavy atom. The number of likely N-dealkylation sites (N-methyl/N-ethyl adjacent to an activating group) is 2. The lowest BCUT2D eigenvalue weighted by Crippen LogP contribution is -2.53. The summed E-state index contributed by atoms with van der Waals surface area (Å²) >= 11 is 3.17. The number of fused-ring (bicyclic) bond motifs is 2. The summed E-state index contributed by atoms with van der Waals surface area (Å²) in [5.74, 6) is -3.32. The Kier molecular flexibility index (Phi) is 14.3. The Balaban J connectivity index is 0.000000176. The Morgan fingerprint density at radius 1 is 0.790 bits per heavy atom. The lowest BCUT2D eigenvalue weighted by Gasteiger charge is -2.23. The van der Waals surface area contributed by atoms with Gasteiger partial charge in [-0.2, -0.15) is 10.2 Å². The summed E-state index contributed by atoms with van der Waals surface area (Å²) in [6, 6.07) is 17.3. The number of amides is 4. The maximum Gasteiger partial charge on any atom is 0.275 e. The van der Waals surface area contributed by atoms with Gasteiger partial charge >= 0.3 is 0 Å². The molecule has 2 aromatic carbocycles. The largest absolute Gasteiger partial charge is 0.487 e. The van der Waals surface area contributed by atoms with Crippen molar-refractivity contribution in [3.05, 3.63) is 143 Å². The van der Waals surface area contributed by atoms with Crippen LogP contribution in [0.3, 0.4) is 0 Å². The summed E-state index contributed by atoms with van der Waals surface area (Å²) in [4.78, 5) is 60.7. The van der Waals surface area contributed by atoms with Crippen LogP contribution in [0, 0.1) is 23.3 Å². The number of rotatable bonds is 7. The normalized spacial score (nSPS) is 16.7. The molecule has 0 saturated carbocycles. The van der Waals surface area contributed by atoms with Crippen molar-refractivity contribution < 1.29 is 46.2 Å².